The summed E-state index contributed by atoms with van der Waals surface area (Å²) in [5, 5.41) is 13.5. The van der Waals surface area contributed by atoms with Gasteiger partial charge in [0.15, 0.2) is 18.2 Å². The third kappa shape index (κ3) is 3.28. The molecule has 1 amide bonds. The van der Waals surface area contributed by atoms with E-state index in [0.717, 1.165) is 0 Å². The molecule has 3 aromatic rings. The van der Waals surface area contributed by atoms with Gasteiger partial charge in [0, 0.05) is 16.7 Å². The first kappa shape index (κ1) is 18.9. The Balaban J connectivity index is 1.57. The third-order valence-corrected chi connectivity index (χ3v) is 4.51. The van der Waals surface area contributed by atoms with Gasteiger partial charge >= 0.3 is 5.82 Å². The number of ether oxygens (including phenoxy) is 1. The second kappa shape index (κ2) is 7.55. The summed E-state index contributed by atoms with van der Waals surface area (Å²) in [4.78, 5) is 51.9. The van der Waals surface area contributed by atoms with E-state index in [4.69, 9.17) is 4.74 Å². The summed E-state index contributed by atoms with van der Waals surface area (Å²) in [5.41, 5.74) is 1.03. The number of fused-ring (bicyclic) bond motifs is 2. The number of carbonyl (C=O) groups is 3. The molecule has 30 heavy (non-hydrogen) atoms. The van der Waals surface area contributed by atoms with E-state index < -0.39 is 23.3 Å². The highest BCUT2D eigenvalue weighted by molar-refractivity contribution is 6.30. The highest BCUT2D eigenvalue weighted by Crippen LogP contribution is 2.32. The number of nitrogens with one attached hydrogen (secondary N) is 1. The van der Waals surface area contributed by atoms with E-state index in [1.54, 1.807) is 30.3 Å². The van der Waals surface area contributed by atoms with Crippen molar-refractivity contribution in [2.45, 2.75) is 0 Å². The highest BCUT2D eigenvalue weighted by atomic mass is 16.6. The molecule has 0 fully saturated rings. The molecule has 0 saturated heterocycles. The van der Waals surface area contributed by atoms with E-state index in [0.29, 0.717) is 5.56 Å². The van der Waals surface area contributed by atoms with Gasteiger partial charge in [-0.3, -0.25) is 14.4 Å². The van der Waals surface area contributed by atoms with E-state index in [1.165, 1.54) is 30.5 Å². The summed E-state index contributed by atoms with van der Waals surface area (Å²) in [6.07, 6.45) is 1.24. The number of anilines is 1. The first-order chi connectivity index (χ1) is 14.5. The van der Waals surface area contributed by atoms with Crippen molar-refractivity contribution < 1.29 is 24.0 Å². The molecule has 1 heterocycles. The lowest BCUT2D eigenvalue weighted by atomic mass is 9.83. The van der Waals surface area contributed by atoms with Gasteiger partial charge in [0.25, 0.3) is 5.91 Å². The second-order valence-electron chi connectivity index (χ2n) is 6.35. The molecule has 0 saturated carbocycles. The summed E-state index contributed by atoms with van der Waals surface area (Å²) < 4.78 is 5.21. The lowest BCUT2D eigenvalue weighted by molar-refractivity contribution is -0.390. The van der Waals surface area contributed by atoms with Gasteiger partial charge in [-0.1, -0.05) is 36.4 Å². The first-order valence-electron chi connectivity index (χ1n) is 8.81. The van der Waals surface area contributed by atoms with E-state index in [2.05, 4.69) is 10.3 Å². The lowest BCUT2D eigenvalue weighted by Gasteiger charge is -2.20. The SMILES string of the molecule is O=C(COc1cccnc1[N+](=O)[O-])Nc1cccc2c1C(=O)c1ccccc1C2=O. The van der Waals surface area contributed by atoms with Crippen molar-refractivity contribution in [3.8, 4) is 5.75 Å². The van der Waals surface area contributed by atoms with E-state index in [9.17, 15) is 24.5 Å². The molecule has 1 aliphatic rings. The van der Waals surface area contributed by atoms with E-state index >= 15 is 0 Å². The zero-order chi connectivity index (χ0) is 21.3. The normalized spacial score (nSPS) is 12.0. The third-order valence-electron chi connectivity index (χ3n) is 4.51. The first-order valence-corrected chi connectivity index (χ1v) is 8.81. The van der Waals surface area contributed by atoms with Gasteiger partial charge in [0.2, 0.25) is 5.75 Å². The Bertz CT molecular complexity index is 1220. The van der Waals surface area contributed by atoms with Gasteiger partial charge in [-0.05, 0) is 28.1 Å². The van der Waals surface area contributed by atoms with Crippen molar-refractivity contribution in [2.24, 2.45) is 0 Å². The van der Waals surface area contributed by atoms with Crippen molar-refractivity contribution >= 4 is 29.0 Å². The Morgan fingerprint density at radius 2 is 1.67 bits per heavy atom. The number of hydrogen-bond donors (Lipinski definition) is 1. The number of nitro groups is 1. The van der Waals surface area contributed by atoms with Crippen molar-refractivity contribution in [3.63, 3.8) is 0 Å². The monoisotopic (exact) mass is 403 g/mol. The van der Waals surface area contributed by atoms with Crippen LogP contribution in [0.15, 0.2) is 60.8 Å². The van der Waals surface area contributed by atoms with Gasteiger partial charge in [0.05, 0.1) is 11.3 Å². The molecular weight excluding hydrogens is 390 g/mol. The number of amides is 1. The molecule has 2 aromatic carbocycles. The molecule has 1 N–H and O–H groups in total. The van der Waals surface area contributed by atoms with Crippen molar-refractivity contribution in [3.05, 3.63) is 93.2 Å². The summed E-state index contributed by atoms with van der Waals surface area (Å²) in [6, 6.07) is 13.8. The van der Waals surface area contributed by atoms with E-state index in [-0.39, 0.29) is 39.7 Å². The summed E-state index contributed by atoms with van der Waals surface area (Å²) in [6.45, 7) is -0.547. The molecule has 0 aliphatic heterocycles. The quantitative estimate of drug-likeness (QED) is 0.401. The maximum atomic E-state index is 12.9. The van der Waals surface area contributed by atoms with Crippen LogP contribution >= 0.6 is 0 Å². The van der Waals surface area contributed by atoms with Crippen LogP contribution < -0.4 is 10.1 Å². The van der Waals surface area contributed by atoms with Crippen molar-refractivity contribution in [2.75, 3.05) is 11.9 Å². The molecule has 0 radical (unpaired) electrons. The van der Waals surface area contributed by atoms with Crippen LogP contribution in [0.5, 0.6) is 5.75 Å². The minimum atomic E-state index is -0.720. The molecule has 0 atom stereocenters. The number of rotatable bonds is 5. The minimum absolute atomic E-state index is 0.0990. The fourth-order valence-corrected chi connectivity index (χ4v) is 3.21. The lowest BCUT2D eigenvalue weighted by Crippen LogP contribution is -2.26. The van der Waals surface area contributed by atoms with Gasteiger partial charge < -0.3 is 20.2 Å². The van der Waals surface area contributed by atoms with Crippen LogP contribution in [0, 0.1) is 10.1 Å². The highest BCUT2D eigenvalue weighted by Gasteiger charge is 2.31. The zero-order valence-electron chi connectivity index (χ0n) is 15.3. The second-order valence-corrected chi connectivity index (χ2v) is 6.35. The number of hydrogen-bond acceptors (Lipinski definition) is 7. The largest absolute Gasteiger partial charge is 0.476 e. The molecule has 148 valence electrons. The number of carbonyl (C=O) groups excluding carboxylic acids is 3. The number of pyridine rings is 1. The average molecular weight is 403 g/mol. The average Bonchev–Trinajstić information content (AvgIpc) is 2.76. The van der Waals surface area contributed by atoms with Gasteiger partial charge in [-0.2, -0.15) is 0 Å². The van der Waals surface area contributed by atoms with Crippen LogP contribution in [0.2, 0.25) is 0 Å². The molecule has 9 nitrogen and oxygen atoms in total. The fourth-order valence-electron chi connectivity index (χ4n) is 3.21. The standard InChI is InChI=1S/C21H13N3O6/c25-17(11-30-16-9-4-10-22-21(16)24(28)29)23-15-8-3-7-14-18(15)20(27)13-6-2-1-5-12(13)19(14)26/h1-10H,11H2,(H,23,25). The molecule has 1 aromatic heterocycles. The van der Waals surface area contributed by atoms with Crippen molar-refractivity contribution in [1.29, 1.82) is 0 Å². The van der Waals surface area contributed by atoms with Crippen LogP contribution in [0.1, 0.15) is 31.8 Å². The summed E-state index contributed by atoms with van der Waals surface area (Å²) in [5.74, 6) is -2.01. The molecule has 9 heteroatoms. The zero-order valence-corrected chi connectivity index (χ0v) is 15.3. The minimum Gasteiger partial charge on any atom is -0.476 e. The maximum absolute atomic E-state index is 12.9. The Hall–Kier alpha value is -4.40. The van der Waals surface area contributed by atoms with Crippen LogP contribution in [0.25, 0.3) is 0 Å². The molecule has 4 rings (SSSR count). The molecule has 0 bridgehead atoms. The Morgan fingerprint density at radius 3 is 2.40 bits per heavy atom. The number of nitrogens with zero attached hydrogens (tertiary/aromatic N) is 2. The topological polar surface area (TPSA) is 128 Å². The maximum Gasteiger partial charge on any atom is 0.406 e. The molecule has 0 unspecified atom stereocenters. The van der Waals surface area contributed by atoms with Gasteiger partial charge in [0.1, 0.15) is 6.20 Å². The predicted octanol–water partition coefficient (Wildman–Crippen LogP) is 2.78. The number of ketones is 2. The summed E-state index contributed by atoms with van der Waals surface area (Å²) >= 11 is 0. The van der Waals surface area contributed by atoms with Crippen LogP contribution in [0.4, 0.5) is 11.5 Å². The number of aromatic nitrogens is 1. The van der Waals surface area contributed by atoms with Gasteiger partial charge in [-0.25, -0.2) is 0 Å². The molecular formula is C21H13N3O6. The Labute approximate surface area is 169 Å². The van der Waals surface area contributed by atoms with Crippen LogP contribution in [0.3, 0.4) is 0 Å². The number of benzene rings is 2. The Morgan fingerprint density at radius 1 is 0.967 bits per heavy atom. The molecule has 1 aliphatic carbocycles. The smallest absolute Gasteiger partial charge is 0.406 e. The Kier molecular flexibility index (Phi) is 4.77. The van der Waals surface area contributed by atoms with Crippen LogP contribution in [-0.2, 0) is 4.79 Å². The van der Waals surface area contributed by atoms with Gasteiger partial charge in [-0.15, -0.1) is 0 Å². The fraction of sp³-hybridized carbons (Fsp3) is 0.0476. The van der Waals surface area contributed by atoms with E-state index in [1.807, 2.05) is 0 Å². The van der Waals surface area contributed by atoms with Crippen LogP contribution in [-0.4, -0.2) is 34.0 Å². The summed E-state index contributed by atoms with van der Waals surface area (Å²) in [7, 11) is 0. The predicted molar refractivity (Wildman–Crippen MR) is 105 cm³/mol. The molecule has 0 spiro atoms. The van der Waals surface area contributed by atoms with Crippen molar-refractivity contribution in [1.82, 2.24) is 4.98 Å².